The third-order valence-corrected chi connectivity index (χ3v) is 6.64. The zero-order valence-electron chi connectivity index (χ0n) is 17.4. The van der Waals surface area contributed by atoms with Crippen molar-refractivity contribution >= 4 is 10.8 Å². The second-order valence-electron chi connectivity index (χ2n) is 8.69. The van der Waals surface area contributed by atoms with Gasteiger partial charge < -0.3 is 0 Å². The molecule has 27 heavy (non-hydrogen) atoms. The number of hydrogen-bond donors (Lipinski definition) is 0. The van der Waals surface area contributed by atoms with E-state index in [-0.39, 0.29) is 5.82 Å². The Bertz CT molecular complexity index is 709. The van der Waals surface area contributed by atoms with Gasteiger partial charge in [-0.3, -0.25) is 0 Å². The first-order chi connectivity index (χ1) is 13.2. The van der Waals surface area contributed by atoms with Gasteiger partial charge in [0.25, 0.3) is 0 Å². The van der Waals surface area contributed by atoms with Gasteiger partial charge in [-0.05, 0) is 66.9 Å². The third kappa shape index (κ3) is 5.33. The molecule has 0 N–H and O–H groups in total. The Morgan fingerprint density at radius 1 is 0.852 bits per heavy atom. The lowest BCUT2D eigenvalue weighted by molar-refractivity contribution is 0.303. The number of halogens is 1. The Morgan fingerprint density at radius 3 is 2.33 bits per heavy atom. The predicted octanol–water partition coefficient (Wildman–Crippen LogP) is 8.57. The lowest BCUT2D eigenvalue weighted by Gasteiger charge is -2.29. The molecule has 0 saturated heterocycles. The molecule has 0 nitrogen and oxygen atoms in total. The van der Waals surface area contributed by atoms with Crippen LogP contribution >= 0.6 is 0 Å². The molecule has 0 aliphatic heterocycles. The van der Waals surface area contributed by atoms with Crippen LogP contribution in [0, 0.1) is 11.7 Å². The van der Waals surface area contributed by atoms with E-state index in [9.17, 15) is 4.39 Å². The van der Waals surface area contributed by atoms with Crippen LogP contribution in [0.5, 0.6) is 0 Å². The summed E-state index contributed by atoms with van der Waals surface area (Å²) in [6, 6.07) is 10.7. The van der Waals surface area contributed by atoms with Crippen molar-refractivity contribution in [3.8, 4) is 0 Å². The van der Waals surface area contributed by atoms with Crippen molar-refractivity contribution in [1.29, 1.82) is 0 Å². The van der Waals surface area contributed by atoms with Gasteiger partial charge >= 0.3 is 0 Å². The Hall–Kier alpha value is -1.37. The first kappa shape index (κ1) is 20.4. The minimum Gasteiger partial charge on any atom is -0.206 e. The van der Waals surface area contributed by atoms with Gasteiger partial charge in [-0.25, -0.2) is 4.39 Å². The van der Waals surface area contributed by atoms with Crippen LogP contribution in [0.15, 0.2) is 30.3 Å². The Balaban J connectivity index is 1.64. The average Bonchev–Trinajstić information content (AvgIpc) is 2.70. The maximum Gasteiger partial charge on any atom is 0.134 e. The van der Waals surface area contributed by atoms with Crippen molar-refractivity contribution in [2.24, 2.45) is 5.92 Å². The first-order valence-corrected chi connectivity index (χ1v) is 11.4. The topological polar surface area (TPSA) is 0 Å². The van der Waals surface area contributed by atoms with E-state index in [0.717, 1.165) is 35.1 Å². The van der Waals surface area contributed by atoms with Crippen LogP contribution in [0.25, 0.3) is 10.8 Å². The molecule has 2 aromatic rings. The SMILES string of the molecule is CCCCCc1ccc2cc(C3CCC(CCCCC)CC3)ccc2c1F. The molecule has 1 heteroatoms. The number of unbranched alkanes of at least 4 members (excludes halogenated alkanes) is 4. The molecule has 1 aliphatic carbocycles. The Morgan fingerprint density at radius 2 is 1.59 bits per heavy atom. The van der Waals surface area contributed by atoms with Crippen molar-refractivity contribution in [3.63, 3.8) is 0 Å². The molecule has 2 aromatic carbocycles. The minimum atomic E-state index is 0.00906. The average molecular weight is 369 g/mol. The van der Waals surface area contributed by atoms with Crippen LogP contribution in [0.2, 0.25) is 0 Å². The largest absolute Gasteiger partial charge is 0.206 e. The molecule has 0 spiro atoms. The van der Waals surface area contributed by atoms with Gasteiger partial charge in [-0.1, -0.05) is 82.7 Å². The zero-order chi connectivity index (χ0) is 19.1. The van der Waals surface area contributed by atoms with E-state index in [1.165, 1.54) is 69.8 Å². The highest BCUT2D eigenvalue weighted by Crippen LogP contribution is 2.38. The third-order valence-electron chi connectivity index (χ3n) is 6.64. The first-order valence-electron chi connectivity index (χ1n) is 11.4. The van der Waals surface area contributed by atoms with E-state index in [0.29, 0.717) is 5.92 Å². The van der Waals surface area contributed by atoms with Crippen LogP contribution in [-0.2, 0) is 6.42 Å². The molecule has 0 amide bonds. The molecule has 0 aromatic heterocycles. The summed E-state index contributed by atoms with van der Waals surface area (Å²) in [7, 11) is 0. The smallest absolute Gasteiger partial charge is 0.134 e. The second kappa shape index (κ2) is 10.2. The van der Waals surface area contributed by atoms with Gasteiger partial charge in [0.1, 0.15) is 5.82 Å². The van der Waals surface area contributed by atoms with E-state index < -0.39 is 0 Å². The van der Waals surface area contributed by atoms with E-state index in [1.807, 2.05) is 12.1 Å². The van der Waals surface area contributed by atoms with E-state index in [4.69, 9.17) is 0 Å². The van der Waals surface area contributed by atoms with Crippen molar-refractivity contribution < 1.29 is 4.39 Å². The molecular formula is C26H37F. The highest BCUT2D eigenvalue weighted by atomic mass is 19.1. The van der Waals surface area contributed by atoms with Gasteiger partial charge in [0.15, 0.2) is 0 Å². The van der Waals surface area contributed by atoms with Gasteiger partial charge in [-0.15, -0.1) is 0 Å². The lowest BCUT2D eigenvalue weighted by Crippen LogP contribution is -2.13. The molecule has 3 rings (SSSR count). The lowest BCUT2D eigenvalue weighted by atomic mass is 9.76. The van der Waals surface area contributed by atoms with Gasteiger partial charge in [-0.2, -0.15) is 0 Å². The summed E-state index contributed by atoms with van der Waals surface area (Å²) in [4.78, 5) is 0. The minimum absolute atomic E-state index is 0.00906. The fourth-order valence-electron chi connectivity index (χ4n) is 4.84. The second-order valence-corrected chi connectivity index (χ2v) is 8.69. The summed E-state index contributed by atoms with van der Waals surface area (Å²) in [6.07, 6.45) is 15.2. The van der Waals surface area contributed by atoms with Crippen LogP contribution in [0.3, 0.4) is 0 Å². The summed E-state index contributed by atoms with van der Waals surface area (Å²) in [5.74, 6) is 1.62. The van der Waals surface area contributed by atoms with E-state index in [2.05, 4.69) is 32.0 Å². The van der Waals surface area contributed by atoms with Gasteiger partial charge in [0.05, 0.1) is 0 Å². The molecular weight excluding hydrogens is 331 g/mol. The summed E-state index contributed by atoms with van der Waals surface area (Å²) >= 11 is 0. The molecule has 0 unspecified atom stereocenters. The van der Waals surface area contributed by atoms with Crippen LogP contribution in [0.4, 0.5) is 4.39 Å². The van der Waals surface area contributed by atoms with E-state index >= 15 is 0 Å². The molecule has 0 atom stereocenters. The van der Waals surface area contributed by atoms with Crippen molar-refractivity contribution in [2.75, 3.05) is 0 Å². The monoisotopic (exact) mass is 368 g/mol. The Labute approximate surface area is 165 Å². The van der Waals surface area contributed by atoms with Crippen LogP contribution in [-0.4, -0.2) is 0 Å². The maximum absolute atomic E-state index is 14.9. The summed E-state index contributed by atoms with van der Waals surface area (Å²) in [5.41, 5.74) is 2.31. The molecule has 1 saturated carbocycles. The quantitative estimate of drug-likeness (QED) is 0.389. The van der Waals surface area contributed by atoms with Crippen molar-refractivity contribution in [1.82, 2.24) is 0 Å². The van der Waals surface area contributed by atoms with E-state index in [1.54, 1.807) is 0 Å². The normalized spacial score (nSPS) is 20.3. The highest BCUT2D eigenvalue weighted by Gasteiger charge is 2.22. The van der Waals surface area contributed by atoms with Gasteiger partial charge in [0, 0.05) is 5.39 Å². The number of hydrogen-bond acceptors (Lipinski definition) is 0. The molecule has 0 radical (unpaired) electrons. The predicted molar refractivity (Wildman–Crippen MR) is 116 cm³/mol. The zero-order valence-corrected chi connectivity index (χ0v) is 17.4. The van der Waals surface area contributed by atoms with Crippen molar-refractivity contribution in [3.05, 3.63) is 47.3 Å². The number of rotatable bonds is 9. The molecule has 148 valence electrons. The fraction of sp³-hybridized carbons (Fsp3) is 0.615. The molecule has 1 fully saturated rings. The summed E-state index contributed by atoms with van der Waals surface area (Å²) in [5, 5.41) is 1.88. The van der Waals surface area contributed by atoms with Gasteiger partial charge in [0.2, 0.25) is 0 Å². The highest BCUT2D eigenvalue weighted by molar-refractivity contribution is 5.84. The number of aryl methyl sites for hydroxylation is 1. The fourth-order valence-corrected chi connectivity index (χ4v) is 4.84. The van der Waals surface area contributed by atoms with Crippen LogP contribution in [0.1, 0.15) is 102 Å². The molecule has 0 heterocycles. The number of benzene rings is 2. The standard InChI is InChI=1S/C26H37F/c1-3-5-7-9-20-11-13-21(14-12-20)23-17-18-25-24(19-23)16-15-22(26(25)27)10-8-6-4-2/h15-21H,3-14H2,1-2H3. The summed E-state index contributed by atoms with van der Waals surface area (Å²) < 4.78 is 14.9. The van der Waals surface area contributed by atoms with Crippen LogP contribution < -0.4 is 0 Å². The Kier molecular flexibility index (Phi) is 7.73. The molecule has 1 aliphatic rings. The number of fused-ring (bicyclic) bond motifs is 1. The van der Waals surface area contributed by atoms with Crippen molar-refractivity contribution in [2.45, 2.75) is 96.8 Å². The maximum atomic E-state index is 14.9. The molecule has 0 bridgehead atoms. The summed E-state index contributed by atoms with van der Waals surface area (Å²) in [6.45, 7) is 4.48.